The molecule has 0 spiro atoms. The maximum atomic E-state index is 13.1. The van der Waals surface area contributed by atoms with Gasteiger partial charge >= 0.3 is 0 Å². The van der Waals surface area contributed by atoms with Gasteiger partial charge in [-0.25, -0.2) is 4.98 Å². The van der Waals surface area contributed by atoms with E-state index < -0.39 is 0 Å². The quantitative estimate of drug-likeness (QED) is 0.732. The molecule has 2 heterocycles. The standard InChI is InChI=1S/C23H25N3O2/c1-16-7-9-18(10-8-16)21-14-25-22(28-21)19-5-3-4-6-20(19)23(27)26-12-11-17(15-26)13-24-2/h3-10,14,17,24H,11-13,15H2,1-2H3. The lowest BCUT2D eigenvalue weighted by atomic mass is 10.1. The normalized spacial score (nSPS) is 16.5. The van der Waals surface area contributed by atoms with Gasteiger partial charge in [-0.05, 0) is 45.0 Å². The number of likely N-dealkylation sites (tertiary alicyclic amines) is 1. The summed E-state index contributed by atoms with van der Waals surface area (Å²) in [5.74, 6) is 1.73. The van der Waals surface area contributed by atoms with Crippen LogP contribution in [0.4, 0.5) is 0 Å². The predicted octanol–water partition coefficient (Wildman–Crippen LogP) is 4.00. The summed E-state index contributed by atoms with van der Waals surface area (Å²) in [6, 6.07) is 15.7. The summed E-state index contributed by atoms with van der Waals surface area (Å²) in [6.07, 6.45) is 2.76. The van der Waals surface area contributed by atoms with E-state index in [0.29, 0.717) is 23.1 Å². The summed E-state index contributed by atoms with van der Waals surface area (Å²) < 4.78 is 6.02. The lowest BCUT2D eigenvalue weighted by molar-refractivity contribution is 0.0787. The molecule has 3 aromatic rings. The van der Waals surface area contributed by atoms with Crippen LogP contribution >= 0.6 is 0 Å². The van der Waals surface area contributed by atoms with E-state index in [2.05, 4.69) is 17.2 Å². The van der Waals surface area contributed by atoms with Gasteiger partial charge in [0.1, 0.15) is 0 Å². The van der Waals surface area contributed by atoms with Crippen molar-refractivity contribution in [3.05, 3.63) is 65.9 Å². The highest BCUT2D eigenvalue weighted by molar-refractivity contribution is 6.00. The first-order chi connectivity index (χ1) is 13.7. The highest BCUT2D eigenvalue weighted by Gasteiger charge is 2.28. The Balaban J connectivity index is 1.60. The van der Waals surface area contributed by atoms with Crippen LogP contribution in [-0.4, -0.2) is 42.5 Å². The largest absolute Gasteiger partial charge is 0.436 e. The van der Waals surface area contributed by atoms with Crippen LogP contribution in [0.2, 0.25) is 0 Å². The van der Waals surface area contributed by atoms with Crippen molar-refractivity contribution < 1.29 is 9.21 Å². The average Bonchev–Trinajstić information content (AvgIpc) is 3.38. The van der Waals surface area contributed by atoms with Gasteiger partial charge in [0.25, 0.3) is 5.91 Å². The van der Waals surface area contributed by atoms with Gasteiger partial charge in [0.05, 0.1) is 11.8 Å². The van der Waals surface area contributed by atoms with Crippen molar-refractivity contribution in [1.29, 1.82) is 0 Å². The molecule has 1 N–H and O–H groups in total. The van der Waals surface area contributed by atoms with Gasteiger partial charge in [-0.1, -0.05) is 42.0 Å². The van der Waals surface area contributed by atoms with Crippen LogP contribution in [0.5, 0.6) is 0 Å². The van der Waals surface area contributed by atoms with Crippen LogP contribution in [0, 0.1) is 12.8 Å². The van der Waals surface area contributed by atoms with Crippen molar-refractivity contribution in [2.45, 2.75) is 13.3 Å². The van der Waals surface area contributed by atoms with E-state index in [-0.39, 0.29) is 5.91 Å². The number of amides is 1. The third-order valence-corrected chi connectivity index (χ3v) is 5.30. The molecule has 0 saturated carbocycles. The molecule has 1 unspecified atom stereocenters. The number of rotatable bonds is 5. The Bertz CT molecular complexity index is 962. The van der Waals surface area contributed by atoms with Crippen LogP contribution in [-0.2, 0) is 0 Å². The molecule has 1 amide bonds. The number of benzene rings is 2. The van der Waals surface area contributed by atoms with E-state index in [0.717, 1.165) is 37.2 Å². The molecule has 1 saturated heterocycles. The molecule has 4 rings (SSSR count). The van der Waals surface area contributed by atoms with Crippen molar-refractivity contribution in [2.75, 3.05) is 26.7 Å². The van der Waals surface area contributed by atoms with Crippen LogP contribution in [0.3, 0.4) is 0 Å². The molecule has 1 aliphatic heterocycles. The average molecular weight is 375 g/mol. The number of carbonyl (C=O) groups is 1. The van der Waals surface area contributed by atoms with Gasteiger partial charge in [0.2, 0.25) is 5.89 Å². The lowest BCUT2D eigenvalue weighted by Crippen LogP contribution is -2.30. The van der Waals surface area contributed by atoms with E-state index in [1.807, 2.05) is 60.5 Å². The third kappa shape index (κ3) is 3.71. The second-order valence-corrected chi connectivity index (χ2v) is 7.40. The Hall–Kier alpha value is -2.92. The molecule has 1 fully saturated rings. The van der Waals surface area contributed by atoms with E-state index in [4.69, 9.17) is 4.42 Å². The zero-order chi connectivity index (χ0) is 19.5. The van der Waals surface area contributed by atoms with E-state index in [9.17, 15) is 4.79 Å². The second-order valence-electron chi connectivity index (χ2n) is 7.40. The van der Waals surface area contributed by atoms with Crippen LogP contribution < -0.4 is 5.32 Å². The van der Waals surface area contributed by atoms with Gasteiger partial charge in [-0.2, -0.15) is 0 Å². The minimum absolute atomic E-state index is 0.0456. The van der Waals surface area contributed by atoms with Crippen molar-refractivity contribution in [2.24, 2.45) is 5.92 Å². The van der Waals surface area contributed by atoms with E-state index in [1.54, 1.807) is 6.20 Å². The molecule has 0 bridgehead atoms. The van der Waals surface area contributed by atoms with Crippen LogP contribution in [0.25, 0.3) is 22.8 Å². The lowest BCUT2D eigenvalue weighted by Gasteiger charge is -2.18. The first kappa shape index (κ1) is 18.4. The Labute approximate surface area is 165 Å². The first-order valence-electron chi connectivity index (χ1n) is 9.72. The number of hydrogen-bond acceptors (Lipinski definition) is 4. The topological polar surface area (TPSA) is 58.4 Å². The molecule has 1 aliphatic rings. The van der Waals surface area contributed by atoms with Crippen molar-refractivity contribution in [3.63, 3.8) is 0 Å². The monoisotopic (exact) mass is 375 g/mol. The minimum Gasteiger partial charge on any atom is -0.436 e. The van der Waals surface area contributed by atoms with Gasteiger partial charge in [-0.3, -0.25) is 4.79 Å². The highest BCUT2D eigenvalue weighted by atomic mass is 16.4. The Morgan fingerprint density at radius 1 is 1.21 bits per heavy atom. The number of aryl methyl sites for hydroxylation is 1. The Morgan fingerprint density at radius 3 is 2.79 bits per heavy atom. The fourth-order valence-corrected chi connectivity index (χ4v) is 3.75. The summed E-state index contributed by atoms with van der Waals surface area (Å²) in [4.78, 5) is 19.5. The summed E-state index contributed by atoms with van der Waals surface area (Å²) in [5, 5.41) is 3.20. The van der Waals surface area contributed by atoms with Gasteiger partial charge in [0.15, 0.2) is 5.76 Å². The maximum Gasteiger partial charge on any atom is 0.254 e. The first-order valence-corrected chi connectivity index (χ1v) is 9.72. The SMILES string of the molecule is CNCC1CCN(C(=O)c2ccccc2-c2ncc(-c3ccc(C)cc3)o2)C1. The molecule has 1 aromatic heterocycles. The molecule has 28 heavy (non-hydrogen) atoms. The van der Waals surface area contributed by atoms with E-state index in [1.165, 1.54) is 5.56 Å². The number of aromatic nitrogens is 1. The zero-order valence-corrected chi connectivity index (χ0v) is 16.3. The van der Waals surface area contributed by atoms with Crippen molar-refractivity contribution in [3.8, 4) is 22.8 Å². The summed E-state index contributed by atoms with van der Waals surface area (Å²) >= 11 is 0. The summed E-state index contributed by atoms with van der Waals surface area (Å²) in [7, 11) is 1.95. The van der Waals surface area contributed by atoms with Gasteiger partial charge in [-0.15, -0.1) is 0 Å². The summed E-state index contributed by atoms with van der Waals surface area (Å²) in [5.41, 5.74) is 3.55. The summed E-state index contributed by atoms with van der Waals surface area (Å²) in [6.45, 7) is 4.57. The Morgan fingerprint density at radius 2 is 2.00 bits per heavy atom. The van der Waals surface area contributed by atoms with E-state index >= 15 is 0 Å². The third-order valence-electron chi connectivity index (χ3n) is 5.30. The van der Waals surface area contributed by atoms with Crippen molar-refractivity contribution in [1.82, 2.24) is 15.2 Å². The fraction of sp³-hybridized carbons (Fsp3) is 0.304. The number of carbonyl (C=O) groups excluding carboxylic acids is 1. The molecule has 5 heteroatoms. The van der Waals surface area contributed by atoms with Crippen LogP contribution in [0.15, 0.2) is 59.1 Å². The van der Waals surface area contributed by atoms with Crippen LogP contribution in [0.1, 0.15) is 22.3 Å². The maximum absolute atomic E-state index is 13.1. The highest BCUT2D eigenvalue weighted by Crippen LogP contribution is 2.30. The molecule has 0 radical (unpaired) electrons. The predicted molar refractivity (Wildman–Crippen MR) is 110 cm³/mol. The van der Waals surface area contributed by atoms with Gasteiger partial charge in [0, 0.05) is 24.2 Å². The zero-order valence-electron chi connectivity index (χ0n) is 16.3. The Kier molecular flexibility index (Phi) is 5.26. The molecule has 5 nitrogen and oxygen atoms in total. The molecular weight excluding hydrogens is 350 g/mol. The number of hydrogen-bond donors (Lipinski definition) is 1. The van der Waals surface area contributed by atoms with Gasteiger partial charge < -0.3 is 14.6 Å². The smallest absolute Gasteiger partial charge is 0.254 e. The van der Waals surface area contributed by atoms with Crippen molar-refractivity contribution >= 4 is 5.91 Å². The fourth-order valence-electron chi connectivity index (χ4n) is 3.75. The number of oxazole rings is 1. The molecule has 1 atom stereocenters. The second kappa shape index (κ2) is 7.98. The number of nitrogens with zero attached hydrogens (tertiary/aromatic N) is 2. The number of nitrogens with one attached hydrogen (secondary N) is 1. The molecule has 2 aromatic carbocycles. The molecule has 144 valence electrons. The minimum atomic E-state index is 0.0456. The molecule has 0 aliphatic carbocycles. The molecular formula is C23H25N3O2.